The lowest BCUT2D eigenvalue weighted by Crippen LogP contribution is -2.28. The van der Waals surface area contributed by atoms with E-state index in [1.54, 1.807) is 12.4 Å². The lowest BCUT2D eigenvalue weighted by molar-refractivity contribution is -0.120. The molecule has 0 radical (unpaired) electrons. The van der Waals surface area contributed by atoms with Crippen molar-refractivity contribution < 1.29 is 9.90 Å². The molecule has 0 spiro atoms. The van der Waals surface area contributed by atoms with Crippen LogP contribution < -0.4 is 5.32 Å². The third-order valence-electron chi connectivity index (χ3n) is 2.39. The van der Waals surface area contributed by atoms with Gasteiger partial charge < -0.3 is 10.4 Å². The molecule has 0 fully saturated rings. The zero-order chi connectivity index (χ0) is 11.8. The molecule has 1 amide bonds. The van der Waals surface area contributed by atoms with Gasteiger partial charge in [-0.3, -0.25) is 9.78 Å². The maximum absolute atomic E-state index is 11.5. The smallest absolute Gasteiger partial charge is 0.224 e. The molecule has 0 bridgehead atoms. The van der Waals surface area contributed by atoms with Gasteiger partial charge in [-0.25, -0.2) is 0 Å². The number of aliphatic hydroxyl groups excluding tert-OH is 1. The summed E-state index contributed by atoms with van der Waals surface area (Å²) >= 11 is 0. The second-order valence-corrected chi connectivity index (χ2v) is 3.73. The van der Waals surface area contributed by atoms with Crippen molar-refractivity contribution >= 4 is 5.91 Å². The van der Waals surface area contributed by atoms with Gasteiger partial charge in [0.2, 0.25) is 5.91 Å². The average Bonchev–Trinajstić information content (AvgIpc) is 2.30. The summed E-state index contributed by atoms with van der Waals surface area (Å²) in [5.41, 5.74) is 0.948. The zero-order valence-corrected chi connectivity index (χ0v) is 9.52. The molecule has 0 aromatic carbocycles. The minimum atomic E-state index is -0.318. The number of aromatic nitrogens is 1. The van der Waals surface area contributed by atoms with Crippen LogP contribution in [0.2, 0.25) is 0 Å². The highest BCUT2D eigenvalue weighted by atomic mass is 16.3. The summed E-state index contributed by atoms with van der Waals surface area (Å²) < 4.78 is 0. The summed E-state index contributed by atoms with van der Waals surface area (Å²) in [5.74, 6) is -0.0190. The van der Waals surface area contributed by atoms with E-state index in [2.05, 4.69) is 10.3 Å². The van der Waals surface area contributed by atoms with Crippen LogP contribution in [0.15, 0.2) is 24.5 Å². The Morgan fingerprint density at radius 3 is 2.81 bits per heavy atom. The fourth-order valence-corrected chi connectivity index (χ4v) is 1.33. The largest absolute Gasteiger partial charge is 0.393 e. The van der Waals surface area contributed by atoms with Gasteiger partial charge in [0, 0.05) is 18.9 Å². The summed E-state index contributed by atoms with van der Waals surface area (Å²) in [7, 11) is 0. The highest BCUT2D eigenvalue weighted by Gasteiger charge is 2.04. The van der Waals surface area contributed by atoms with Crippen LogP contribution in [0.25, 0.3) is 0 Å². The maximum Gasteiger partial charge on any atom is 0.224 e. The molecule has 0 saturated carbocycles. The summed E-state index contributed by atoms with van der Waals surface area (Å²) in [4.78, 5) is 15.4. The third kappa shape index (κ3) is 4.89. The lowest BCUT2D eigenvalue weighted by atomic mass is 10.2. The van der Waals surface area contributed by atoms with E-state index < -0.39 is 0 Å². The Morgan fingerprint density at radius 1 is 1.50 bits per heavy atom. The van der Waals surface area contributed by atoms with Gasteiger partial charge in [-0.05, 0) is 30.5 Å². The summed E-state index contributed by atoms with van der Waals surface area (Å²) in [6.07, 6.45) is 4.72. The first-order valence-corrected chi connectivity index (χ1v) is 5.56. The molecule has 0 aliphatic heterocycles. The molecule has 0 aliphatic carbocycles. The van der Waals surface area contributed by atoms with Crippen molar-refractivity contribution in [1.82, 2.24) is 10.3 Å². The monoisotopic (exact) mass is 222 g/mol. The van der Waals surface area contributed by atoms with Crippen molar-refractivity contribution in [3.05, 3.63) is 30.1 Å². The van der Waals surface area contributed by atoms with Crippen LogP contribution in [-0.4, -0.2) is 28.6 Å². The van der Waals surface area contributed by atoms with Crippen molar-refractivity contribution in [3.8, 4) is 0 Å². The SMILES string of the molecule is CCC(O)CCNC(=O)Cc1ccncc1. The minimum Gasteiger partial charge on any atom is -0.393 e. The first-order valence-electron chi connectivity index (χ1n) is 5.56. The Hall–Kier alpha value is -1.42. The molecular weight excluding hydrogens is 204 g/mol. The summed E-state index contributed by atoms with van der Waals surface area (Å²) in [6, 6.07) is 3.64. The first-order chi connectivity index (χ1) is 7.72. The molecule has 1 unspecified atom stereocenters. The normalized spacial score (nSPS) is 12.1. The van der Waals surface area contributed by atoms with Gasteiger partial charge in [-0.15, -0.1) is 0 Å². The van der Waals surface area contributed by atoms with E-state index in [9.17, 15) is 9.90 Å². The standard InChI is InChI=1S/C12H18N2O2/c1-2-11(15)5-8-14-12(16)9-10-3-6-13-7-4-10/h3-4,6-7,11,15H,2,5,8-9H2,1H3,(H,14,16). The Bertz CT molecular complexity index is 314. The van der Waals surface area contributed by atoms with Crippen LogP contribution in [0.4, 0.5) is 0 Å². The molecule has 1 rings (SSSR count). The topological polar surface area (TPSA) is 62.2 Å². The lowest BCUT2D eigenvalue weighted by Gasteiger charge is -2.08. The number of rotatable bonds is 6. The molecule has 0 aliphatic rings. The minimum absolute atomic E-state index is 0.0190. The molecule has 16 heavy (non-hydrogen) atoms. The average molecular weight is 222 g/mol. The van der Waals surface area contributed by atoms with Crippen LogP contribution >= 0.6 is 0 Å². The molecular formula is C12H18N2O2. The van der Waals surface area contributed by atoms with E-state index in [4.69, 9.17) is 0 Å². The van der Waals surface area contributed by atoms with Gasteiger partial charge in [0.05, 0.1) is 12.5 Å². The number of carbonyl (C=O) groups is 1. The highest BCUT2D eigenvalue weighted by molar-refractivity contribution is 5.78. The number of hydrogen-bond donors (Lipinski definition) is 2. The van der Waals surface area contributed by atoms with Crippen molar-refractivity contribution in [2.45, 2.75) is 32.3 Å². The van der Waals surface area contributed by atoms with Gasteiger partial charge in [0.25, 0.3) is 0 Å². The highest BCUT2D eigenvalue weighted by Crippen LogP contribution is 1.98. The molecule has 1 atom stereocenters. The second-order valence-electron chi connectivity index (χ2n) is 3.73. The number of amides is 1. The van der Waals surface area contributed by atoms with Crippen molar-refractivity contribution in [2.75, 3.05) is 6.54 Å². The van der Waals surface area contributed by atoms with Crippen molar-refractivity contribution in [1.29, 1.82) is 0 Å². The quantitative estimate of drug-likeness (QED) is 0.751. The van der Waals surface area contributed by atoms with E-state index in [0.717, 1.165) is 12.0 Å². The maximum atomic E-state index is 11.5. The molecule has 2 N–H and O–H groups in total. The molecule has 1 aromatic heterocycles. The fraction of sp³-hybridized carbons (Fsp3) is 0.500. The van der Waals surface area contributed by atoms with E-state index in [1.165, 1.54) is 0 Å². The van der Waals surface area contributed by atoms with Crippen molar-refractivity contribution in [3.63, 3.8) is 0 Å². The number of hydrogen-bond acceptors (Lipinski definition) is 3. The zero-order valence-electron chi connectivity index (χ0n) is 9.52. The van der Waals surface area contributed by atoms with Gasteiger partial charge in [-0.2, -0.15) is 0 Å². The third-order valence-corrected chi connectivity index (χ3v) is 2.39. The second kappa shape index (κ2) is 6.95. The number of nitrogens with one attached hydrogen (secondary N) is 1. The van der Waals surface area contributed by atoms with Crippen LogP contribution in [0, 0.1) is 0 Å². The summed E-state index contributed by atoms with van der Waals surface area (Å²) in [5, 5.41) is 12.1. The van der Waals surface area contributed by atoms with E-state index in [1.807, 2.05) is 19.1 Å². The van der Waals surface area contributed by atoms with Crippen LogP contribution in [-0.2, 0) is 11.2 Å². The number of pyridine rings is 1. The Balaban J connectivity index is 2.21. The molecule has 0 saturated heterocycles. The van der Waals surface area contributed by atoms with Crippen LogP contribution in [0.1, 0.15) is 25.3 Å². The first kappa shape index (κ1) is 12.6. The van der Waals surface area contributed by atoms with Gasteiger partial charge in [0.15, 0.2) is 0 Å². The molecule has 4 nitrogen and oxygen atoms in total. The van der Waals surface area contributed by atoms with Crippen LogP contribution in [0.3, 0.4) is 0 Å². The number of carbonyl (C=O) groups excluding carboxylic acids is 1. The predicted molar refractivity (Wildman–Crippen MR) is 61.9 cm³/mol. The Morgan fingerprint density at radius 2 is 2.19 bits per heavy atom. The van der Waals surface area contributed by atoms with Crippen LogP contribution in [0.5, 0.6) is 0 Å². The summed E-state index contributed by atoms with van der Waals surface area (Å²) in [6.45, 7) is 2.45. The van der Waals surface area contributed by atoms with Gasteiger partial charge in [-0.1, -0.05) is 6.92 Å². The number of aliphatic hydroxyl groups is 1. The van der Waals surface area contributed by atoms with E-state index in [-0.39, 0.29) is 12.0 Å². The molecule has 88 valence electrons. The number of nitrogens with zero attached hydrogens (tertiary/aromatic N) is 1. The Kier molecular flexibility index (Phi) is 5.50. The Labute approximate surface area is 95.7 Å². The van der Waals surface area contributed by atoms with Crippen molar-refractivity contribution in [2.24, 2.45) is 0 Å². The van der Waals surface area contributed by atoms with E-state index in [0.29, 0.717) is 19.4 Å². The molecule has 4 heteroatoms. The fourth-order valence-electron chi connectivity index (χ4n) is 1.33. The van der Waals surface area contributed by atoms with Gasteiger partial charge >= 0.3 is 0 Å². The molecule has 1 aromatic rings. The van der Waals surface area contributed by atoms with E-state index >= 15 is 0 Å². The predicted octanol–water partition coefficient (Wildman–Crippen LogP) is 0.901. The molecule has 1 heterocycles. The van der Waals surface area contributed by atoms with Gasteiger partial charge in [0.1, 0.15) is 0 Å².